The van der Waals surface area contributed by atoms with Crippen LogP contribution in [-0.4, -0.2) is 23.3 Å². The molecule has 1 heterocycles. The Balaban J connectivity index is 2.16. The molecule has 2 rings (SSSR count). The fraction of sp³-hybridized carbons (Fsp3) is 0.500. The number of aromatic nitrogens is 1. The van der Waals surface area contributed by atoms with Crippen LogP contribution in [0.5, 0.6) is 0 Å². The molecule has 1 aromatic heterocycles. The van der Waals surface area contributed by atoms with Gasteiger partial charge in [-0.25, -0.2) is 4.39 Å². The molecule has 0 amide bonds. The van der Waals surface area contributed by atoms with Crippen LogP contribution in [0.3, 0.4) is 0 Å². The van der Waals surface area contributed by atoms with E-state index in [4.69, 9.17) is 4.74 Å². The Bertz CT molecular complexity index is 337. The van der Waals surface area contributed by atoms with Gasteiger partial charge in [0.2, 0.25) is 0 Å². The molecular weight excluding hydrogens is 185 g/mol. The molecule has 0 aliphatic heterocycles. The predicted octanol–water partition coefficient (Wildman–Crippen LogP) is 1.22. The van der Waals surface area contributed by atoms with Crippen molar-refractivity contribution in [2.24, 2.45) is 0 Å². The summed E-state index contributed by atoms with van der Waals surface area (Å²) in [5.41, 5.74) is -0.415. The summed E-state index contributed by atoms with van der Waals surface area (Å²) in [7, 11) is 1.61. The highest BCUT2D eigenvalue weighted by Gasteiger charge is 2.44. The maximum Gasteiger partial charge on any atom is 0.141 e. The van der Waals surface area contributed by atoms with Crippen molar-refractivity contribution in [1.82, 2.24) is 4.98 Å². The first kappa shape index (κ1) is 9.55. The molecule has 1 aliphatic carbocycles. The van der Waals surface area contributed by atoms with Gasteiger partial charge in [0.15, 0.2) is 0 Å². The number of methoxy groups -OCH3 is 1. The van der Waals surface area contributed by atoms with Crippen LogP contribution in [0.1, 0.15) is 18.4 Å². The van der Waals surface area contributed by atoms with Gasteiger partial charge in [-0.15, -0.1) is 0 Å². The van der Waals surface area contributed by atoms with E-state index in [1.54, 1.807) is 7.11 Å². The molecule has 0 unspecified atom stereocenters. The first-order chi connectivity index (χ1) is 6.64. The number of halogens is 1. The van der Waals surface area contributed by atoms with Crippen molar-refractivity contribution >= 4 is 0 Å². The highest BCUT2D eigenvalue weighted by atomic mass is 19.1. The van der Waals surface area contributed by atoms with E-state index >= 15 is 0 Å². The second-order valence-electron chi connectivity index (χ2n) is 3.69. The lowest BCUT2D eigenvalue weighted by molar-refractivity contribution is -0.133. The van der Waals surface area contributed by atoms with Gasteiger partial charge in [0.25, 0.3) is 0 Å². The third kappa shape index (κ3) is 1.51. The Hall–Kier alpha value is -1.00. The van der Waals surface area contributed by atoms with Crippen molar-refractivity contribution in [3.8, 4) is 0 Å². The molecule has 1 N–H and O–H groups in total. The van der Waals surface area contributed by atoms with Crippen molar-refractivity contribution in [3.05, 3.63) is 29.8 Å². The second-order valence-corrected chi connectivity index (χ2v) is 3.69. The molecule has 0 bridgehead atoms. The third-order valence-electron chi connectivity index (χ3n) is 2.71. The van der Waals surface area contributed by atoms with Crippen LogP contribution in [0.2, 0.25) is 0 Å². The number of pyridine rings is 1. The van der Waals surface area contributed by atoms with Crippen LogP contribution in [-0.2, 0) is 10.3 Å². The molecule has 0 saturated heterocycles. The summed E-state index contributed by atoms with van der Waals surface area (Å²) < 4.78 is 17.9. The summed E-state index contributed by atoms with van der Waals surface area (Å²) in [5.74, 6) is -0.420. The van der Waals surface area contributed by atoms with Crippen molar-refractivity contribution < 1.29 is 14.2 Å². The largest absolute Gasteiger partial charge is 0.385 e. The first-order valence-electron chi connectivity index (χ1n) is 4.50. The molecule has 0 aromatic carbocycles. The van der Waals surface area contributed by atoms with E-state index in [0.29, 0.717) is 18.4 Å². The number of hydrogen-bond donors (Lipinski definition) is 1. The summed E-state index contributed by atoms with van der Waals surface area (Å²) in [4.78, 5) is 3.71. The smallest absolute Gasteiger partial charge is 0.141 e. The molecule has 1 aliphatic rings. The van der Waals surface area contributed by atoms with E-state index in [0.717, 1.165) is 6.20 Å². The average molecular weight is 197 g/mol. The van der Waals surface area contributed by atoms with E-state index in [9.17, 15) is 9.50 Å². The summed E-state index contributed by atoms with van der Waals surface area (Å²) >= 11 is 0. The number of ether oxygens (including phenoxy) is 1. The Kier molecular flexibility index (Phi) is 2.25. The fourth-order valence-corrected chi connectivity index (χ4v) is 1.76. The van der Waals surface area contributed by atoms with Gasteiger partial charge in [0.1, 0.15) is 5.82 Å². The van der Waals surface area contributed by atoms with Crippen LogP contribution < -0.4 is 0 Å². The zero-order valence-electron chi connectivity index (χ0n) is 7.90. The number of rotatable bonds is 2. The average Bonchev–Trinajstić information content (AvgIpc) is 2.13. The highest BCUT2D eigenvalue weighted by Crippen LogP contribution is 2.42. The minimum absolute atomic E-state index is 0.0725. The number of nitrogens with zero attached hydrogens (tertiary/aromatic N) is 1. The maximum absolute atomic E-state index is 12.8. The lowest BCUT2D eigenvalue weighted by Gasteiger charge is -2.42. The summed E-state index contributed by atoms with van der Waals surface area (Å²) in [6, 6.07) is 1.32. The second kappa shape index (κ2) is 3.29. The molecule has 14 heavy (non-hydrogen) atoms. The molecule has 3 nitrogen and oxygen atoms in total. The fourth-order valence-electron chi connectivity index (χ4n) is 1.76. The van der Waals surface area contributed by atoms with Crippen molar-refractivity contribution in [1.29, 1.82) is 0 Å². The lowest BCUT2D eigenvalue weighted by Crippen LogP contribution is -2.45. The first-order valence-corrected chi connectivity index (χ1v) is 4.50. The Morgan fingerprint density at radius 3 is 2.86 bits per heavy atom. The van der Waals surface area contributed by atoms with Crippen LogP contribution in [0, 0.1) is 5.82 Å². The lowest BCUT2D eigenvalue weighted by atomic mass is 9.73. The normalized spacial score (nSPS) is 31.2. The molecule has 0 radical (unpaired) electrons. The Morgan fingerprint density at radius 1 is 1.57 bits per heavy atom. The number of aliphatic hydroxyl groups is 1. The number of hydrogen-bond acceptors (Lipinski definition) is 3. The van der Waals surface area contributed by atoms with E-state index < -0.39 is 11.4 Å². The van der Waals surface area contributed by atoms with Crippen LogP contribution in [0.15, 0.2) is 18.5 Å². The molecule has 1 saturated carbocycles. The van der Waals surface area contributed by atoms with E-state index in [1.165, 1.54) is 12.3 Å². The van der Waals surface area contributed by atoms with E-state index in [-0.39, 0.29) is 6.10 Å². The van der Waals surface area contributed by atoms with Gasteiger partial charge in [-0.1, -0.05) is 0 Å². The third-order valence-corrected chi connectivity index (χ3v) is 2.71. The van der Waals surface area contributed by atoms with E-state index in [2.05, 4.69) is 4.98 Å². The zero-order chi connectivity index (χ0) is 10.2. The van der Waals surface area contributed by atoms with Crippen LogP contribution in [0.4, 0.5) is 4.39 Å². The summed E-state index contributed by atoms with van der Waals surface area (Å²) in [5, 5.41) is 10.0. The van der Waals surface area contributed by atoms with Gasteiger partial charge in [-0.05, 0) is 6.07 Å². The van der Waals surface area contributed by atoms with Gasteiger partial charge in [-0.3, -0.25) is 4.98 Å². The molecule has 76 valence electrons. The quantitative estimate of drug-likeness (QED) is 0.775. The summed E-state index contributed by atoms with van der Waals surface area (Å²) in [6.07, 6.45) is 3.71. The molecule has 1 fully saturated rings. The molecule has 0 atom stereocenters. The predicted molar refractivity (Wildman–Crippen MR) is 48.1 cm³/mol. The van der Waals surface area contributed by atoms with Gasteiger partial charge in [0, 0.05) is 31.7 Å². The Labute approximate surface area is 81.5 Å². The van der Waals surface area contributed by atoms with Crippen LogP contribution >= 0.6 is 0 Å². The minimum atomic E-state index is -0.949. The van der Waals surface area contributed by atoms with Gasteiger partial charge < -0.3 is 9.84 Å². The SMILES string of the molecule is COC1CC(O)(c2cncc(F)c2)C1. The zero-order valence-corrected chi connectivity index (χ0v) is 7.90. The van der Waals surface area contributed by atoms with Crippen molar-refractivity contribution in [2.75, 3.05) is 7.11 Å². The maximum atomic E-state index is 12.8. The molecule has 0 spiro atoms. The minimum Gasteiger partial charge on any atom is -0.385 e. The topological polar surface area (TPSA) is 42.4 Å². The van der Waals surface area contributed by atoms with Gasteiger partial charge in [0.05, 0.1) is 17.9 Å². The van der Waals surface area contributed by atoms with Crippen molar-refractivity contribution in [3.63, 3.8) is 0 Å². The monoisotopic (exact) mass is 197 g/mol. The molecule has 1 aromatic rings. The standard InChI is InChI=1S/C10H12FNO2/c1-14-9-3-10(13,4-9)7-2-8(11)6-12-5-7/h2,5-6,9,13H,3-4H2,1H3. The van der Waals surface area contributed by atoms with E-state index in [1.807, 2.05) is 0 Å². The molecule has 4 heteroatoms. The van der Waals surface area contributed by atoms with Gasteiger partial charge in [-0.2, -0.15) is 0 Å². The van der Waals surface area contributed by atoms with Crippen LogP contribution in [0.25, 0.3) is 0 Å². The Morgan fingerprint density at radius 2 is 2.29 bits per heavy atom. The van der Waals surface area contributed by atoms with Crippen molar-refractivity contribution in [2.45, 2.75) is 24.5 Å². The summed E-state index contributed by atoms with van der Waals surface area (Å²) in [6.45, 7) is 0. The highest BCUT2D eigenvalue weighted by molar-refractivity contribution is 5.22. The van der Waals surface area contributed by atoms with Gasteiger partial charge >= 0.3 is 0 Å². The molecular formula is C10H12FNO2.